The molecule has 0 fully saturated rings. The van der Waals surface area contributed by atoms with Crippen LogP contribution in [0.4, 0.5) is 0 Å². The van der Waals surface area contributed by atoms with Crippen LogP contribution in [0.3, 0.4) is 0 Å². The minimum Gasteiger partial charge on any atom is -0.478 e. The van der Waals surface area contributed by atoms with Gasteiger partial charge < -0.3 is 5.11 Å². The molecule has 0 atom stereocenters. The summed E-state index contributed by atoms with van der Waals surface area (Å²) in [5.41, 5.74) is 1.55. The van der Waals surface area contributed by atoms with Crippen LogP contribution in [-0.2, 0) is 0 Å². The third kappa shape index (κ3) is 1.66. The molecule has 0 saturated carbocycles. The second-order valence-electron chi connectivity index (χ2n) is 3.28. The highest BCUT2D eigenvalue weighted by molar-refractivity contribution is 6.35. The van der Waals surface area contributed by atoms with Crippen LogP contribution in [-0.4, -0.2) is 16.1 Å². The Bertz CT molecular complexity index is 552. The highest BCUT2D eigenvalue weighted by Gasteiger charge is 2.10. The lowest BCUT2D eigenvalue weighted by Gasteiger charge is -2.04. The summed E-state index contributed by atoms with van der Waals surface area (Å²) in [6.07, 6.45) is 1.56. The summed E-state index contributed by atoms with van der Waals surface area (Å²) in [6, 6.07) is 4.97. The number of pyridine rings is 1. The molecule has 0 aliphatic rings. The summed E-state index contributed by atoms with van der Waals surface area (Å²) < 4.78 is 0. The second-order valence-corrected chi connectivity index (χ2v) is 3.69. The number of halogens is 1. The number of aromatic nitrogens is 1. The van der Waals surface area contributed by atoms with Gasteiger partial charge in [0.1, 0.15) is 0 Å². The van der Waals surface area contributed by atoms with Crippen molar-refractivity contribution in [1.29, 1.82) is 0 Å². The number of aryl methyl sites for hydroxylation is 1. The number of rotatable bonds is 1. The van der Waals surface area contributed by atoms with E-state index >= 15 is 0 Å². The first-order valence-electron chi connectivity index (χ1n) is 4.38. The molecule has 3 nitrogen and oxygen atoms in total. The number of benzene rings is 1. The zero-order chi connectivity index (χ0) is 11.0. The molecule has 2 aromatic rings. The maximum absolute atomic E-state index is 10.9. The molecule has 4 heteroatoms. The molecule has 1 heterocycles. The van der Waals surface area contributed by atoms with Crippen molar-refractivity contribution in [1.82, 2.24) is 4.98 Å². The van der Waals surface area contributed by atoms with E-state index in [1.165, 1.54) is 0 Å². The number of carboxylic acids is 1. The molecule has 15 heavy (non-hydrogen) atoms. The average Bonchev–Trinajstić information content (AvgIpc) is 2.18. The molecule has 1 aromatic heterocycles. The van der Waals surface area contributed by atoms with Crippen molar-refractivity contribution >= 4 is 28.5 Å². The van der Waals surface area contributed by atoms with Gasteiger partial charge in [0.05, 0.1) is 16.1 Å². The van der Waals surface area contributed by atoms with E-state index in [0.29, 0.717) is 16.1 Å². The van der Waals surface area contributed by atoms with E-state index in [1.807, 2.05) is 0 Å². The maximum atomic E-state index is 10.9. The highest BCUT2D eigenvalue weighted by atomic mass is 35.5. The Morgan fingerprint density at radius 2 is 2.20 bits per heavy atom. The minimum atomic E-state index is -0.948. The predicted molar refractivity (Wildman–Crippen MR) is 58.4 cm³/mol. The van der Waals surface area contributed by atoms with Gasteiger partial charge in [-0.1, -0.05) is 11.6 Å². The molecular weight excluding hydrogens is 214 g/mol. The SMILES string of the molecule is Cc1cc2c(Cl)ccnc2cc1C(=O)O. The van der Waals surface area contributed by atoms with Crippen molar-refractivity contribution in [2.45, 2.75) is 6.92 Å². The number of carboxylic acid groups (broad SMARTS) is 1. The van der Waals surface area contributed by atoms with Crippen molar-refractivity contribution in [2.75, 3.05) is 0 Å². The molecule has 0 radical (unpaired) electrons. The first kappa shape index (κ1) is 9.93. The standard InChI is InChI=1S/C11H8ClNO2/c1-6-4-8-9(12)2-3-13-10(8)5-7(6)11(14)15/h2-5H,1H3,(H,14,15). The number of aromatic carboxylic acids is 1. The van der Waals surface area contributed by atoms with E-state index in [2.05, 4.69) is 4.98 Å². The van der Waals surface area contributed by atoms with E-state index in [-0.39, 0.29) is 5.56 Å². The largest absolute Gasteiger partial charge is 0.478 e. The average molecular weight is 222 g/mol. The van der Waals surface area contributed by atoms with Gasteiger partial charge in [-0.25, -0.2) is 4.79 Å². The molecule has 0 aliphatic carbocycles. The van der Waals surface area contributed by atoms with Crippen molar-refractivity contribution in [3.8, 4) is 0 Å². The van der Waals surface area contributed by atoms with Gasteiger partial charge in [-0.2, -0.15) is 0 Å². The Balaban J connectivity index is 2.82. The molecule has 0 bridgehead atoms. The molecule has 76 valence electrons. The third-order valence-corrected chi connectivity index (χ3v) is 2.59. The monoisotopic (exact) mass is 221 g/mol. The normalized spacial score (nSPS) is 10.5. The van der Waals surface area contributed by atoms with Crippen LogP contribution < -0.4 is 0 Å². The fourth-order valence-electron chi connectivity index (χ4n) is 1.50. The van der Waals surface area contributed by atoms with Crippen molar-refractivity contribution < 1.29 is 9.90 Å². The van der Waals surface area contributed by atoms with Crippen LogP contribution in [0.5, 0.6) is 0 Å². The molecule has 0 aliphatic heterocycles. The van der Waals surface area contributed by atoms with Crippen LogP contribution in [0, 0.1) is 6.92 Å². The summed E-state index contributed by atoms with van der Waals surface area (Å²) in [5.74, 6) is -0.948. The third-order valence-electron chi connectivity index (χ3n) is 2.26. The summed E-state index contributed by atoms with van der Waals surface area (Å²) >= 11 is 5.97. The van der Waals surface area contributed by atoms with E-state index in [1.54, 1.807) is 31.3 Å². The lowest BCUT2D eigenvalue weighted by molar-refractivity contribution is 0.0696. The van der Waals surface area contributed by atoms with Gasteiger partial charge in [-0.15, -0.1) is 0 Å². The lowest BCUT2D eigenvalue weighted by atomic mass is 10.1. The Morgan fingerprint density at radius 1 is 1.47 bits per heavy atom. The van der Waals surface area contributed by atoms with Gasteiger partial charge in [0.2, 0.25) is 0 Å². The number of nitrogens with zero attached hydrogens (tertiary/aromatic N) is 1. The highest BCUT2D eigenvalue weighted by Crippen LogP contribution is 2.24. The van der Waals surface area contributed by atoms with Crippen LogP contribution in [0.1, 0.15) is 15.9 Å². The van der Waals surface area contributed by atoms with E-state index < -0.39 is 5.97 Å². The fourth-order valence-corrected chi connectivity index (χ4v) is 1.71. The summed E-state index contributed by atoms with van der Waals surface area (Å²) in [5, 5.41) is 10.3. The smallest absolute Gasteiger partial charge is 0.336 e. The summed E-state index contributed by atoms with van der Waals surface area (Å²) in [4.78, 5) is 15.0. The first-order valence-corrected chi connectivity index (χ1v) is 4.75. The molecule has 0 spiro atoms. The maximum Gasteiger partial charge on any atom is 0.336 e. The zero-order valence-electron chi connectivity index (χ0n) is 7.99. The van der Waals surface area contributed by atoms with Crippen molar-refractivity contribution in [2.24, 2.45) is 0 Å². The number of hydrogen-bond donors (Lipinski definition) is 1. The molecule has 0 unspecified atom stereocenters. The van der Waals surface area contributed by atoms with E-state index in [0.717, 1.165) is 5.39 Å². The van der Waals surface area contributed by atoms with Crippen LogP contribution >= 0.6 is 11.6 Å². The Labute approximate surface area is 91.3 Å². The van der Waals surface area contributed by atoms with E-state index in [9.17, 15) is 4.79 Å². The molecule has 0 amide bonds. The van der Waals surface area contributed by atoms with Crippen molar-refractivity contribution in [3.05, 3.63) is 40.5 Å². The van der Waals surface area contributed by atoms with Gasteiger partial charge in [0.25, 0.3) is 0 Å². The minimum absolute atomic E-state index is 0.261. The predicted octanol–water partition coefficient (Wildman–Crippen LogP) is 2.89. The first-order chi connectivity index (χ1) is 7.09. The molecule has 1 aromatic carbocycles. The van der Waals surface area contributed by atoms with Gasteiger partial charge in [0.15, 0.2) is 0 Å². The van der Waals surface area contributed by atoms with Gasteiger partial charge in [0, 0.05) is 11.6 Å². The van der Waals surface area contributed by atoms with E-state index in [4.69, 9.17) is 16.7 Å². The summed E-state index contributed by atoms with van der Waals surface area (Å²) in [7, 11) is 0. The Kier molecular flexibility index (Phi) is 2.32. The molecular formula is C11H8ClNO2. The van der Waals surface area contributed by atoms with Gasteiger partial charge >= 0.3 is 5.97 Å². The lowest BCUT2D eigenvalue weighted by Crippen LogP contribution is -1.99. The van der Waals surface area contributed by atoms with Crippen LogP contribution in [0.2, 0.25) is 5.02 Å². The molecule has 0 saturated heterocycles. The number of fused-ring (bicyclic) bond motifs is 1. The quantitative estimate of drug-likeness (QED) is 0.806. The zero-order valence-corrected chi connectivity index (χ0v) is 8.75. The Morgan fingerprint density at radius 3 is 2.87 bits per heavy atom. The number of carbonyl (C=O) groups is 1. The fraction of sp³-hybridized carbons (Fsp3) is 0.0909. The number of hydrogen-bond acceptors (Lipinski definition) is 2. The van der Waals surface area contributed by atoms with Crippen LogP contribution in [0.25, 0.3) is 10.9 Å². The van der Waals surface area contributed by atoms with Crippen molar-refractivity contribution in [3.63, 3.8) is 0 Å². The summed E-state index contributed by atoms with van der Waals surface area (Å²) in [6.45, 7) is 1.74. The van der Waals surface area contributed by atoms with Gasteiger partial charge in [-0.05, 0) is 30.7 Å². The van der Waals surface area contributed by atoms with Gasteiger partial charge in [-0.3, -0.25) is 4.98 Å². The molecule has 2 rings (SSSR count). The Hall–Kier alpha value is -1.61. The molecule has 1 N–H and O–H groups in total. The second kappa shape index (κ2) is 3.51. The topological polar surface area (TPSA) is 50.2 Å². The van der Waals surface area contributed by atoms with Crippen LogP contribution in [0.15, 0.2) is 24.4 Å².